The molecule has 1 amide bonds. The Balaban J connectivity index is 2.07. The van der Waals surface area contributed by atoms with E-state index in [4.69, 9.17) is 11.6 Å². The van der Waals surface area contributed by atoms with Gasteiger partial charge < -0.3 is 5.32 Å². The van der Waals surface area contributed by atoms with E-state index in [-0.39, 0.29) is 5.91 Å². The van der Waals surface area contributed by atoms with Crippen LogP contribution in [0, 0.1) is 13.8 Å². The van der Waals surface area contributed by atoms with Crippen LogP contribution in [0.3, 0.4) is 0 Å². The van der Waals surface area contributed by atoms with Gasteiger partial charge >= 0.3 is 0 Å². The Morgan fingerprint density at radius 1 is 1.16 bits per heavy atom. The van der Waals surface area contributed by atoms with Crippen molar-refractivity contribution in [3.63, 3.8) is 0 Å². The number of amides is 1. The van der Waals surface area contributed by atoms with E-state index in [1.165, 1.54) is 0 Å². The number of carbonyl (C=O) groups excluding carboxylic acids is 1. The van der Waals surface area contributed by atoms with Gasteiger partial charge in [-0.25, -0.2) is 0 Å². The fourth-order valence-electron chi connectivity index (χ4n) is 1.93. The molecule has 2 nitrogen and oxygen atoms in total. The third kappa shape index (κ3) is 3.83. The van der Waals surface area contributed by atoms with E-state index < -0.39 is 0 Å². The van der Waals surface area contributed by atoms with Crippen LogP contribution in [0.2, 0.25) is 5.02 Å². The van der Waals surface area contributed by atoms with Crippen LogP contribution in [0.25, 0.3) is 0 Å². The molecule has 0 radical (unpaired) electrons. The van der Waals surface area contributed by atoms with E-state index in [9.17, 15) is 4.79 Å². The average Bonchev–Trinajstić information content (AvgIpc) is 2.34. The second-order valence-corrected chi connectivity index (χ2v) is 5.11. The minimum Gasteiger partial charge on any atom is -0.326 e. The minimum absolute atomic E-state index is 0.0315. The number of nitrogens with one attached hydrogen (secondary N) is 1. The second-order valence-electron chi connectivity index (χ2n) is 4.67. The molecule has 0 atom stereocenters. The normalized spacial score (nSPS) is 10.3. The van der Waals surface area contributed by atoms with Crippen molar-refractivity contribution in [1.29, 1.82) is 0 Å². The van der Waals surface area contributed by atoms with Crippen molar-refractivity contribution in [2.24, 2.45) is 0 Å². The number of aryl methyl sites for hydroxylation is 2. The maximum atomic E-state index is 12.0. The first kappa shape index (κ1) is 13.6. The Morgan fingerprint density at radius 2 is 1.95 bits per heavy atom. The summed E-state index contributed by atoms with van der Waals surface area (Å²) in [4.78, 5) is 12.0. The van der Waals surface area contributed by atoms with Crippen molar-refractivity contribution < 1.29 is 4.79 Å². The summed E-state index contributed by atoms with van der Waals surface area (Å²) in [5.74, 6) is -0.0315. The molecule has 0 aliphatic carbocycles. The van der Waals surface area contributed by atoms with Crippen molar-refractivity contribution in [1.82, 2.24) is 0 Å². The quantitative estimate of drug-likeness (QED) is 0.895. The van der Waals surface area contributed by atoms with Crippen molar-refractivity contribution in [3.05, 3.63) is 64.2 Å². The molecule has 0 aliphatic rings. The van der Waals surface area contributed by atoms with Gasteiger partial charge in [-0.2, -0.15) is 0 Å². The average molecular weight is 274 g/mol. The number of benzene rings is 2. The maximum Gasteiger partial charge on any atom is 0.228 e. The zero-order valence-corrected chi connectivity index (χ0v) is 11.8. The number of hydrogen-bond donors (Lipinski definition) is 1. The zero-order valence-electron chi connectivity index (χ0n) is 11.0. The highest BCUT2D eigenvalue weighted by atomic mass is 35.5. The van der Waals surface area contributed by atoms with Crippen LogP contribution in [0.15, 0.2) is 42.5 Å². The van der Waals surface area contributed by atoms with Gasteiger partial charge in [0, 0.05) is 10.7 Å². The van der Waals surface area contributed by atoms with Gasteiger partial charge in [-0.15, -0.1) is 0 Å². The predicted octanol–water partition coefficient (Wildman–Crippen LogP) is 4.14. The van der Waals surface area contributed by atoms with Gasteiger partial charge in [0.25, 0.3) is 0 Å². The Labute approximate surface area is 118 Å². The highest BCUT2D eigenvalue weighted by molar-refractivity contribution is 6.31. The first-order valence-corrected chi connectivity index (χ1v) is 6.54. The fraction of sp³-hybridized carbons (Fsp3) is 0.188. The van der Waals surface area contributed by atoms with E-state index in [1.807, 2.05) is 50.2 Å². The van der Waals surface area contributed by atoms with E-state index in [1.54, 1.807) is 6.07 Å². The van der Waals surface area contributed by atoms with Gasteiger partial charge in [0.1, 0.15) is 0 Å². The molecule has 3 heteroatoms. The van der Waals surface area contributed by atoms with Gasteiger partial charge in [0.15, 0.2) is 0 Å². The Bertz CT molecular complexity index is 607. The molecular weight excluding hydrogens is 258 g/mol. The van der Waals surface area contributed by atoms with Crippen LogP contribution >= 0.6 is 11.6 Å². The summed E-state index contributed by atoms with van der Waals surface area (Å²) in [5, 5.41) is 3.52. The highest BCUT2D eigenvalue weighted by Gasteiger charge is 2.06. The van der Waals surface area contributed by atoms with Gasteiger partial charge in [-0.05, 0) is 37.1 Å². The number of halogens is 1. The molecule has 0 spiro atoms. The van der Waals surface area contributed by atoms with E-state index in [0.29, 0.717) is 11.4 Å². The Kier molecular flexibility index (Phi) is 4.23. The van der Waals surface area contributed by atoms with Gasteiger partial charge in [0.2, 0.25) is 5.91 Å². The number of hydrogen-bond acceptors (Lipinski definition) is 1. The molecule has 2 rings (SSSR count). The lowest BCUT2D eigenvalue weighted by Crippen LogP contribution is -2.15. The van der Waals surface area contributed by atoms with Gasteiger partial charge in [0.05, 0.1) is 6.42 Å². The monoisotopic (exact) mass is 273 g/mol. The fourth-order valence-corrected chi connectivity index (χ4v) is 2.10. The number of anilines is 1. The van der Waals surface area contributed by atoms with Crippen LogP contribution < -0.4 is 5.32 Å². The lowest BCUT2D eigenvalue weighted by molar-refractivity contribution is -0.115. The molecule has 98 valence electrons. The largest absolute Gasteiger partial charge is 0.326 e. The summed E-state index contributed by atoms with van der Waals surface area (Å²) in [6.45, 7) is 3.96. The third-order valence-electron chi connectivity index (χ3n) is 2.92. The summed E-state index contributed by atoms with van der Waals surface area (Å²) < 4.78 is 0. The van der Waals surface area contributed by atoms with E-state index in [0.717, 1.165) is 22.4 Å². The molecule has 0 aliphatic heterocycles. The Hall–Kier alpha value is -1.80. The van der Waals surface area contributed by atoms with Crippen LogP contribution in [0.4, 0.5) is 5.69 Å². The minimum atomic E-state index is -0.0315. The predicted molar refractivity (Wildman–Crippen MR) is 79.7 cm³/mol. The van der Waals surface area contributed by atoms with E-state index >= 15 is 0 Å². The zero-order chi connectivity index (χ0) is 13.8. The summed E-state index contributed by atoms with van der Waals surface area (Å²) in [6.07, 6.45) is 0.369. The first-order chi connectivity index (χ1) is 9.04. The summed E-state index contributed by atoms with van der Waals surface area (Å²) in [6, 6.07) is 13.4. The SMILES string of the molecule is Cc1cccc(CC(=O)Nc2cc(Cl)ccc2C)c1. The maximum absolute atomic E-state index is 12.0. The molecule has 0 aromatic heterocycles. The third-order valence-corrected chi connectivity index (χ3v) is 3.16. The molecule has 1 N–H and O–H groups in total. The molecular formula is C16H16ClNO. The first-order valence-electron chi connectivity index (χ1n) is 6.16. The number of rotatable bonds is 3. The molecule has 0 unspecified atom stereocenters. The van der Waals surface area contributed by atoms with Crippen molar-refractivity contribution in [2.75, 3.05) is 5.32 Å². The molecule has 0 saturated carbocycles. The van der Waals surface area contributed by atoms with Crippen LogP contribution in [0.1, 0.15) is 16.7 Å². The molecule has 0 heterocycles. The summed E-state index contributed by atoms with van der Waals surface area (Å²) in [7, 11) is 0. The molecule has 0 saturated heterocycles. The smallest absolute Gasteiger partial charge is 0.228 e. The van der Waals surface area contributed by atoms with Crippen LogP contribution in [0.5, 0.6) is 0 Å². The molecule has 2 aromatic rings. The van der Waals surface area contributed by atoms with Crippen LogP contribution in [-0.4, -0.2) is 5.91 Å². The number of carbonyl (C=O) groups is 1. The molecule has 0 fully saturated rings. The van der Waals surface area contributed by atoms with Crippen molar-refractivity contribution >= 4 is 23.2 Å². The molecule has 0 bridgehead atoms. The van der Waals surface area contributed by atoms with Crippen molar-refractivity contribution in [3.8, 4) is 0 Å². The van der Waals surface area contributed by atoms with Crippen LogP contribution in [-0.2, 0) is 11.2 Å². The standard InChI is InChI=1S/C16H16ClNO/c1-11-4-3-5-13(8-11)9-16(19)18-15-10-14(17)7-6-12(15)2/h3-8,10H,9H2,1-2H3,(H,18,19). The highest BCUT2D eigenvalue weighted by Crippen LogP contribution is 2.20. The van der Waals surface area contributed by atoms with Crippen molar-refractivity contribution in [2.45, 2.75) is 20.3 Å². The summed E-state index contributed by atoms with van der Waals surface area (Å²) in [5.41, 5.74) is 3.94. The van der Waals surface area contributed by atoms with E-state index in [2.05, 4.69) is 5.32 Å². The van der Waals surface area contributed by atoms with Gasteiger partial charge in [-0.3, -0.25) is 4.79 Å². The Morgan fingerprint density at radius 3 is 2.68 bits per heavy atom. The summed E-state index contributed by atoms with van der Waals surface area (Å²) >= 11 is 5.93. The second kappa shape index (κ2) is 5.89. The van der Waals surface area contributed by atoms with Gasteiger partial charge in [-0.1, -0.05) is 47.5 Å². The lowest BCUT2D eigenvalue weighted by atomic mass is 10.1. The topological polar surface area (TPSA) is 29.1 Å². The lowest BCUT2D eigenvalue weighted by Gasteiger charge is -2.09. The molecule has 19 heavy (non-hydrogen) atoms. The molecule has 2 aromatic carbocycles.